The van der Waals surface area contributed by atoms with Crippen LogP contribution in [0.15, 0.2) is 30.3 Å². The van der Waals surface area contributed by atoms with Gasteiger partial charge < -0.3 is 0 Å². The van der Waals surface area contributed by atoms with Gasteiger partial charge in [-0.25, -0.2) is 0 Å². The Morgan fingerprint density at radius 2 is 0.725 bits per heavy atom. The third-order valence-electron chi connectivity index (χ3n) is 28.6. The zero-order chi connectivity index (χ0) is 56.9. The SMILES string of the molecule is CCC1CC(CC)C(C2CCCCC2)C1.CCC1CC(CC)C(c2ccccc2)C1.CCC1CC(CC)C2C3CC(CC3C)C12.CCC1CC(CC)C2C3CCC(C3)C12.CCC1CC(CC)C2CCCC12.CCC1CCC(CC)C1. The topological polar surface area (TPSA) is 0 Å². The summed E-state index contributed by atoms with van der Waals surface area (Å²) in [7, 11) is 0. The first-order valence-corrected chi connectivity index (χ1v) is 38.1. The van der Waals surface area contributed by atoms with E-state index in [-0.39, 0.29) is 0 Å². The highest BCUT2D eigenvalue weighted by Crippen LogP contribution is 2.66. The van der Waals surface area contributed by atoms with E-state index in [0.717, 1.165) is 142 Å². The first-order chi connectivity index (χ1) is 39.0. The molecule has 0 radical (unpaired) electrons. The van der Waals surface area contributed by atoms with E-state index in [1.54, 1.807) is 95.5 Å². The lowest BCUT2D eigenvalue weighted by Crippen LogP contribution is -2.28. The Bertz CT molecular complexity index is 1770. The van der Waals surface area contributed by atoms with E-state index in [9.17, 15) is 0 Å². The molecule has 0 spiro atoms. The number of hydrogen-bond donors (Lipinski definition) is 0. The molecule has 0 saturated heterocycles. The van der Waals surface area contributed by atoms with E-state index in [2.05, 4.69) is 120 Å². The smallest absolute Gasteiger partial charge is 0.0131 e. The van der Waals surface area contributed by atoms with Gasteiger partial charge in [-0.05, 0) is 256 Å². The van der Waals surface area contributed by atoms with Gasteiger partial charge in [0.25, 0.3) is 0 Å². The average Bonchev–Trinajstić information content (AvgIpc) is 4.45. The average molecular weight is 1100 g/mol. The highest BCUT2D eigenvalue weighted by atomic mass is 14.6. The molecule has 25 unspecified atom stereocenters. The van der Waals surface area contributed by atoms with Crippen LogP contribution in [0.3, 0.4) is 0 Å². The van der Waals surface area contributed by atoms with Gasteiger partial charge in [-0.3, -0.25) is 0 Å². The Balaban J connectivity index is 0.000000127. The molecular weight excluding hydrogens is 961 g/mol. The highest BCUT2D eigenvalue weighted by molar-refractivity contribution is 5.22. The second-order valence-electron chi connectivity index (χ2n) is 31.8. The monoisotopic (exact) mass is 1100 g/mol. The molecule has 0 aliphatic heterocycles. The van der Waals surface area contributed by atoms with Gasteiger partial charge in [-0.15, -0.1) is 0 Å². The van der Waals surface area contributed by atoms with E-state index in [1.807, 2.05) is 0 Å². The first-order valence-electron chi connectivity index (χ1n) is 38.1. The number of hydrogen-bond acceptors (Lipinski definition) is 0. The van der Waals surface area contributed by atoms with Crippen molar-refractivity contribution in [2.75, 3.05) is 0 Å². The minimum Gasteiger partial charge on any atom is -0.0651 e. The number of rotatable bonds is 14. The molecule has 0 heteroatoms. The predicted octanol–water partition coefficient (Wildman–Crippen LogP) is 25.2. The van der Waals surface area contributed by atoms with Crippen LogP contribution >= 0.6 is 0 Å². The molecule has 12 fully saturated rings. The number of benzene rings is 1. The van der Waals surface area contributed by atoms with Gasteiger partial charge in [0.1, 0.15) is 0 Å². The van der Waals surface area contributed by atoms with Crippen molar-refractivity contribution >= 4 is 0 Å². The molecule has 0 heterocycles. The lowest BCUT2D eigenvalue weighted by atomic mass is 9.71. The third kappa shape index (κ3) is 15.3. The molecule has 460 valence electrons. The van der Waals surface area contributed by atoms with Crippen molar-refractivity contribution in [2.24, 2.45) is 148 Å². The van der Waals surface area contributed by atoms with Crippen LogP contribution in [0.2, 0.25) is 0 Å². The van der Waals surface area contributed by atoms with Crippen molar-refractivity contribution in [3.63, 3.8) is 0 Å². The Morgan fingerprint density at radius 3 is 1.21 bits per heavy atom. The molecule has 0 N–H and O–H groups in total. The fourth-order valence-electron chi connectivity index (χ4n) is 24.2. The second-order valence-corrected chi connectivity index (χ2v) is 31.8. The van der Waals surface area contributed by atoms with Crippen LogP contribution in [-0.4, -0.2) is 0 Å². The van der Waals surface area contributed by atoms with Gasteiger partial charge in [0, 0.05) is 0 Å². The zero-order valence-corrected chi connectivity index (χ0v) is 56.1. The summed E-state index contributed by atoms with van der Waals surface area (Å²) in [6, 6.07) is 11.1. The van der Waals surface area contributed by atoms with Crippen LogP contribution in [0, 0.1) is 148 Å². The molecule has 1 aromatic carbocycles. The number of fused-ring (bicyclic) bond motifs is 11. The molecule has 4 bridgehead atoms. The first kappa shape index (κ1) is 65.2. The summed E-state index contributed by atoms with van der Waals surface area (Å²) >= 11 is 0. The highest BCUT2D eigenvalue weighted by Gasteiger charge is 2.59. The lowest BCUT2D eigenvalue weighted by molar-refractivity contribution is 0.142. The van der Waals surface area contributed by atoms with Crippen LogP contribution in [0.25, 0.3) is 0 Å². The van der Waals surface area contributed by atoms with Crippen LogP contribution in [0.4, 0.5) is 0 Å². The Hall–Kier alpha value is -0.780. The molecule has 12 aliphatic carbocycles. The summed E-state index contributed by atoms with van der Waals surface area (Å²) < 4.78 is 0. The van der Waals surface area contributed by atoms with Crippen LogP contribution in [0.5, 0.6) is 0 Å². The van der Waals surface area contributed by atoms with Gasteiger partial charge in [0.2, 0.25) is 0 Å². The van der Waals surface area contributed by atoms with E-state index in [4.69, 9.17) is 0 Å². The Kier molecular flexibility index (Phi) is 26.3. The van der Waals surface area contributed by atoms with E-state index < -0.39 is 0 Å². The molecule has 12 saturated carbocycles. The van der Waals surface area contributed by atoms with Crippen molar-refractivity contribution in [2.45, 2.75) is 321 Å². The molecule has 80 heavy (non-hydrogen) atoms. The largest absolute Gasteiger partial charge is 0.0651 e. The summed E-state index contributed by atoms with van der Waals surface area (Å²) in [4.78, 5) is 0. The maximum Gasteiger partial charge on any atom is -0.0131 e. The van der Waals surface area contributed by atoms with Gasteiger partial charge in [-0.1, -0.05) is 249 Å². The molecular formula is C80H140. The molecule has 12 aliphatic rings. The third-order valence-corrected chi connectivity index (χ3v) is 28.6. The zero-order valence-electron chi connectivity index (χ0n) is 56.1. The van der Waals surface area contributed by atoms with Crippen molar-refractivity contribution in [1.82, 2.24) is 0 Å². The Morgan fingerprint density at radius 1 is 0.275 bits per heavy atom. The predicted molar refractivity (Wildman–Crippen MR) is 352 cm³/mol. The molecule has 1 aromatic rings. The van der Waals surface area contributed by atoms with Crippen LogP contribution in [0.1, 0.15) is 326 Å². The molecule has 0 aromatic heterocycles. The fourth-order valence-corrected chi connectivity index (χ4v) is 24.2. The second kappa shape index (κ2) is 32.3. The summed E-state index contributed by atoms with van der Waals surface area (Å²) in [6.45, 7) is 31.1. The summed E-state index contributed by atoms with van der Waals surface area (Å²) in [5.41, 5.74) is 1.57. The lowest BCUT2D eigenvalue weighted by Gasteiger charge is -2.34. The van der Waals surface area contributed by atoms with Crippen molar-refractivity contribution in [1.29, 1.82) is 0 Å². The van der Waals surface area contributed by atoms with E-state index >= 15 is 0 Å². The maximum atomic E-state index is 2.52. The minimum atomic E-state index is 0.834. The fraction of sp³-hybridized carbons (Fsp3) is 0.925. The summed E-state index contributed by atoms with van der Waals surface area (Å²) in [6.07, 6.45) is 52.6. The standard InChI is InChI=1S/C15H26.C15H28.C15H22.C14H24.C12H22.C9H18/c1-4-10-7-11(5-2)15-13-8-12(14(10)15)6-9(13)3;2*1-3-12-10-13(4-2)15(11-12)14-8-6-5-7-9-14;1-3-9-7-10(4-2)14-12-6-5-11(8-12)13(9)14;1-3-9-8-10(4-2)12-7-5-6-11(9)12;1-3-8-5-6-9(4-2)7-8/h9-15H,4-8H2,1-3H3;12-15H,3-11H2,1-2H3;5-9,12-13,15H,3-4,10-11H2,1-2H3;9-14H,3-8H2,1-2H3;9-12H,3-8H2,1-2H3;8-9H,3-7H2,1-2H3. The quantitative estimate of drug-likeness (QED) is 0.174. The Labute approximate surface area is 501 Å². The van der Waals surface area contributed by atoms with Crippen molar-refractivity contribution in [3.05, 3.63) is 35.9 Å². The van der Waals surface area contributed by atoms with E-state index in [0.29, 0.717) is 0 Å². The van der Waals surface area contributed by atoms with Crippen molar-refractivity contribution in [3.8, 4) is 0 Å². The molecule has 25 atom stereocenters. The van der Waals surface area contributed by atoms with Crippen molar-refractivity contribution < 1.29 is 0 Å². The van der Waals surface area contributed by atoms with Crippen LogP contribution < -0.4 is 0 Å². The summed E-state index contributed by atoms with van der Waals surface area (Å²) in [5.74, 6) is 28.4. The molecule has 0 amide bonds. The van der Waals surface area contributed by atoms with Crippen LogP contribution in [-0.2, 0) is 0 Å². The summed E-state index contributed by atoms with van der Waals surface area (Å²) in [5, 5.41) is 0. The van der Waals surface area contributed by atoms with Gasteiger partial charge >= 0.3 is 0 Å². The normalized spacial score (nSPS) is 44.3. The van der Waals surface area contributed by atoms with Gasteiger partial charge in [-0.2, -0.15) is 0 Å². The molecule has 13 rings (SSSR count). The van der Waals surface area contributed by atoms with E-state index in [1.165, 1.54) is 147 Å². The maximum absolute atomic E-state index is 2.52. The van der Waals surface area contributed by atoms with Gasteiger partial charge in [0.15, 0.2) is 0 Å². The molecule has 0 nitrogen and oxygen atoms in total. The minimum absolute atomic E-state index is 0.834. The van der Waals surface area contributed by atoms with Gasteiger partial charge in [0.05, 0.1) is 0 Å².